The molecule has 1 heteroatoms. The van der Waals surface area contributed by atoms with E-state index in [0.29, 0.717) is 0 Å². The molecule has 0 bridgehead atoms. The van der Waals surface area contributed by atoms with Crippen LogP contribution in [0.2, 0.25) is 0 Å². The molecule has 1 nitrogen and oxygen atoms in total. The zero-order valence-corrected chi connectivity index (χ0v) is 6.86. The summed E-state index contributed by atoms with van der Waals surface area (Å²) in [5.41, 5.74) is 4.71. The Bertz CT molecular complexity index is 231. The maximum Gasteiger partial charge on any atom is 0.0593 e. The third-order valence-electron chi connectivity index (χ3n) is 1.98. The first-order valence-corrected chi connectivity index (χ1v) is 3.61. The van der Waals surface area contributed by atoms with Crippen molar-refractivity contribution in [1.82, 2.24) is 0 Å². The molecular formula is C9H13N. The van der Waals surface area contributed by atoms with E-state index >= 15 is 0 Å². The van der Waals surface area contributed by atoms with Gasteiger partial charge in [-0.3, -0.25) is 4.99 Å². The van der Waals surface area contributed by atoms with Crippen LogP contribution in [0, 0.1) is 0 Å². The first-order valence-electron chi connectivity index (χ1n) is 3.61. The quantitative estimate of drug-likeness (QED) is 0.524. The second kappa shape index (κ2) is 2.41. The Labute approximate surface area is 62.2 Å². The predicted molar refractivity (Wildman–Crippen MR) is 45.2 cm³/mol. The molecule has 10 heavy (non-hydrogen) atoms. The van der Waals surface area contributed by atoms with Crippen LogP contribution in [0.25, 0.3) is 0 Å². The summed E-state index contributed by atoms with van der Waals surface area (Å²) in [4.78, 5) is 4.27. The van der Waals surface area contributed by atoms with Gasteiger partial charge in [0.05, 0.1) is 5.70 Å². The molecule has 0 aliphatic carbocycles. The third-order valence-corrected chi connectivity index (χ3v) is 1.98. The largest absolute Gasteiger partial charge is 0.254 e. The molecule has 0 aromatic carbocycles. The highest BCUT2D eigenvalue weighted by Gasteiger charge is 2.12. The van der Waals surface area contributed by atoms with Crippen LogP contribution in [0.4, 0.5) is 0 Å². The molecule has 0 aromatic rings. The molecule has 0 aromatic heterocycles. The smallest absolute Gasteiger partial charge is 0.0593 e. The van der Waals surface area contributed by atoms with Crippen LogP contribution in [0.5, 0.6) is 0 Å². The van der Waals surface area contributed by atoms with E-state index in [1.807, 2.05) is 6.92 Å². The van der Waals surface area contributed by atoms with Crippen LogP contribution in [-0.2, 0) is 0 Å². The minimum absolute atomic E-state index is 0.939. The van der Waals surface area contributed by atoms with Crippen molar-refractivity contribution in [1.29, 1.82) is 0 Å². The average Bonchev–Trinajstić information content (AvgIpc) is 2.09. The van der Waals surface area contributed by atoms with Gasteiger partial charge in [-0.1, -0.05) is 13.5 Å². The third kappa shape index (κ3) is 0.919. The molecule has 0 saturated heterocycles. The highest BCUT2D eigenvalue weighted by Crippen LogP contribution is 2.24. The topological polar surface area (TPSA) is 12.4 Å². The van der Waals surface area contributed by atoms with E-state index < -0.39 is 0 Å². The summed E-state index contributed by atoms with van der Waals surface area (Å²) in [7, 11) is 0. The lowest BCUT2D eigenvalue weighted by molar-refractivity contribution is 1.15. The molecule has 0 unspecified atom stereocenters. The molecule has 0 radical (unpaired) electrons. The highest BCUT2D eigenvalue weighted by atomic mass is 14.8. The van der Waals surface area contributed by atoms with Gasteiger partial charge in [0.1, 0.15) is 0 Å². The van der Waals surface area contributed by atoms with Crippen molar-refractivity contribution in [2.45, 2.75) is 27.2 Å². The highest BCUT2D eigenvalue weighted by molar-refractivity contribution is 6.02. The Morgan fingerprint density at radius 2 is 2.00 bits per heavy atom. The molecule has 0 N–H and O–H groups in total. The number of hydrogen-bond donors (Lipinski definition) is 0. The molecule has 0 amide bonds. The maximum absolute atomic E-state index is 4.27. The summed E-state index contributed by atoms with van der Waals surface area (Å²) >= 11 is 0. The van der Waals surface area contributed by atoms with Gasteiger partial charge in [-0.2, -0.15) is 0 Å². The van der Waals surface area contributed by atoms with Crippen molar-refractivity contribution in [3.63, 3.8) is 0 Å². The van der Waals surface area contributed by atoms with Gasteiger partial charge in [0.25, 0.3) is 0 Å². The summed E-state index contributed by atoms with van der Waals surface area (Å²) < 4.78 is 0. The van der Waals surface area contributed by atoms with Crippen LogP contribution in [-0.4, -0.2) is 5.71 Å². The number of hydrogen-bond acceptors (Lipinski definition) is 1. The first kappa shape index (κ1) is 7.26. The van der Waals surface area contributed by atoms with Gasteiger partial charge >= 0.3 is 0 Å². The summed E-state index contributed by atoms with van der Waals surface area (Å²) in [6, 6.07) is 0. The van der Waals surface area contributed by atoms with Crippen molar-refractivity contribution < 1.29 is 0 Å². The molecule has 1 aliphatic heterocycles. The zero-order chi connectivity index (χ0) is 7.72. The van der Waals surface area contributed by atoms with Crippen molar-refractivity contribution in [2.24, 2.45) is 4.99 Å². The number of allylic oxidation sites excluding steroid dienone is 2. The minimum atomic E-state index is 0.939. The van der Waals surface area contributed by atoms with E-state index in [2.05, 4.69) is 25.4 Å². The van der Waals surface area contributed by atoms with Crippen molar-refractivity contribution in [2.75, 3.05) is 0 Å². The minimum Gasteiger partial charge on any atom is -0.254 e. The van der Waals surface area contributed by atoms with Gasteiger partial charge < -0.3 is 0 Å². The second-order valence-corrected chi connectivity index (χ2v) is 2.60. The summed E-state index contributed by atoms with van der Waals surface area (Å²) in [6.07, 6.45) is 1.07. The fourth-order valence-electron chi connectivity index (χ4n) is 1.32. The van der Waals surface area contributed by atoms with E-state index in [9.17, 15) is 0 Å². The van der Waals surface area contributed by atoms with Crippen LogP contribution in [0.1, 0.15) is 27.2 Å². The van der Waals surface area contributed by atoms with Gasteiger partial charge in [0.15, 0.2) is 0 Å². The monoisotopic (exact) mass is 135 g/mol. The molecule has 0 atom stereocenters. The zero-order valence-electron chi connectivity index (χ0n) is 6.86. The lowest BCUT2D eigenvalue weighted by atomic mass is 10.1. The van der Waals surface area contributed by atoms with Gasteiger partial charge in [0, 0.05) is 5.71 Å². The van der Waals surface area contributed by atoms with Crippen LogP contribution in [0.15, 0.2) is 28.4 Å². The Kier molecular flexibility index (Phi) is 1.75. The fraction of sp³-hybridized carbons (Fsp3) is 0.444. The molecule has 1 heterocycles. The van der Waals surface area contributed by atoms with E-state index in [1.165, 1.54) is 11.1 Å². The normalized spacial score (nSPS) is 18.3. The van der Waals surface area contributed by atoms with Crippen molar-refractivity contribution in [3.8, 4) is 0 Å². The maximum atomic E-state index is 4.27. The molecular weight excluding hydrogens is 122 g/mol. The molecule has 1 aliphatic rings. The van der Waals surface area contributed by atoms with E-state index in [4.69, 9.17) is 0 Å². The Hall–Kier alpha value is -0.850. The molecule has 0 fully saturated rings. The van der Waals surface area contributed by atoms with E-state index in [-0.39, 0.29) is 0 Å². The second-order valence-electron chi connectivity index (χ2n) is 2.60. The Morgan fingerprint density at radius 1 is 1.40 bits per heavy atom. The van der Waals surface area contributed by atoms with Gasteiger partial charge in [-0.05, 0) is 31.4 Å². The van der Waals surface area contributed by atoms with E-state index in [0.717, 1.165) is 17.8 Å². The summed E-state index contributed by atoms with van der Waals surface area (Å²) in [6.45, 7) is 10.1. The molecule has 1 rings (SSSR count). The SMILES string of the molecule is C=C1N=C(C)C(CC)=C1C. The van der Waals surface area contributed by atoms with Crippen LogP contribution >= 0.6 is 0 Å². The lowest BCUT2D eigenvalue weighted by Crippen LogP contribution is -1.91. The van der Waals surface area contributed by atoms with Crippen molar-refractivity contribution in [3.05, 3.63) is 23.4 Å². The Balaban J connectivity index is 3.05. The molecule has 54 valence electrons. The number of rotatable bonds is 1. The lowest BCUT2D eigenvalue weighted by Gasteiger charge is -1.97. The molecule has 0 saturated carbocycles. The summed E-state index contributed by atoms with van der Waals surface area (Å²) in [5, 5.41) is 0. The number of aliphatic imine (C=N–C) groups is 1. The van der Waals surface area contributed by atoms with Crippen molar-refractivity contribution >= 4 is 5.71 Å². The standard InChI is InChI=1S/C9H13N/c1-5-9-6(2)7(3)10-8(9)4/h3,5H2,1-2,4H3. The van der Waals surface area contributed by atoms with Gasteiger partial charge in [-0.25, -0.2) is 0 Å². The van der Waals surface area contributed by atoms with E-state index in [1.54, 1.807) is 0 Å². The van der Waals surface area contributed by atoms with Gasteiger partial charge in [0.2, 0.25) is 0 Å². The average molecular weight is 135 g/mol. The summed E-state index contributed by atoms with van der Waals surface area (Å²) in [5.74, 6) is 0. The van der Waals surface area contributed by atoms with Crippen LogP contribution < -0.4 is 0 Å². The predicted octanol–water partition coefficient (Wildman–Crippen LogP) is 2.70. The fourth-order valence-corrected chi connectivity index (χ4v) is 1.32. The van der Waals surface area contributed by atoms with Crippen LogP contribution in [0.3, 0.4) is 0 Å². The number of nitrogens with zero attached hydrogens (tertiary/aromatic N) is 1. The van der Waals surface area contributed by atoms with Gasteiger partial charge in [-0.15, -0.1) is 0 Å². The Morgan fingerprint density at radius 3 is 2.20 bits per heavy atom. The molecule has 0 spiro atoms. The first-order chi connectivity index (χ1) is 4.66.